The standard InChI is InChI=1S/C13H22N2S/c1-13(8-10-14-11-9-13)15(2)16-12-6-4-3-5-7-12/h4,6-7,14H,3,5,8-11H2,1-2H3. The highest BCUT2D eigenvalue weighted by Gasteiger charge is 2.31. The summed E-state index contributed by atoms with van der Waals surface area (Å²) >= 11 is 1.91. The van der Waals surface area contributed by atoms with E-state index in [0.717, 1.165) is 13.1 Å². The Morgan fingerprint density at radius 2 is 2.06 bits per heavy atom. The van der Waals surface area contributed by atoms with Gasteiger partial charge in [0, 0.05) is 10.4 Å². The molecule has 1 N–H and O–H groups in total. The van der Waals surface area contributed by atoms with Crippen LogP contribution in [0.1, 0.15) is 32.6 Å². The second-order valence-electron chi connectivity index (χ2n) is 4.92. The molecule has 1 fully saturated rings. The fourth-order valence-electron chi connectivity index (χ4n) is 2.21. The third-order valence-electron chi connectivity index (χ3n) is 3.64. The number of hydrogen-bond acceptors (Lipinski definition) is 3. The van der Waals surface area contributed by atoms with Crippen molar-refractivity contribution in [2.45, 2.75) is 38.1 Å². The summed E-state index contributed by atoms with van der Waals surface area (Å²) in [6, 6.07) is 0. The van der Waals surface area contributed by atoms with Crippen LogP contribution in [0.2, 0.25) is 0 Å². The second kappa shape index (κ2) is 5.39. The van der Waals surface area contributed by atoms with E-state index in [1.807, 2.05) is 11.9 Å². The van der Waals surface area contributed by atoms with Crippen molar-refractivity contribution in [1.82, 2.24) is 9.62 Å². The summed E-state index contributed by atoms with van der Waals surface area (Å²) in [7, 11) is 2.24. The van der Waals surface area contributed by atoms with Gasteiger partial charge >= 0.3 is 0 Å². The van der Waals surface area contributed by atoms with Gasteiger partial charge in [-0.05, 0) is 64.7 Å². The molecule has 2 rings (SSSR count). The Bertz CT molecular complexity index is 290. The predicted octanol–water partition coefficient (Wildman–Crippen LogP) is 2.94. The Morgan fingerprint density at radius 3 is 2.69 bits per heavy atom. The second-order valence-corrected chi connectivity index (χ2v) is 6.12. The van der Waals surface area contributed by atoms with Gasteiger partial charge in [-0.25, -0.2) is 4.31 Å². The summed E-state index contributed by atoms with van der Waals surface area (Å²) in [5, 5.41) is 3.43. The Hall–Kier alpha value is -0.250. The SMILES string of the molecule is CN(SC1=CCCC=C1)C1(C)CCNCC1. The summed E-state index contributed by atoms with van der Waals surface area (Å²) in [5.74, 6) is 0. The van der Waals surface area contributed by atoms with E-state index < -0.39 is 0 Å². The van der Waals surface area contributed by atoms with E-state index in [9.17, 15) is 0 Å². The molecule has 0 saturated carbocycles. The van der Waals surface area contributed by atoms with Gasteiger partial charge in [0.05, 0.1) is 0 Å². The van der Waals surface area contributed by atoms with Crippen LogP contribution in [0, 0.1) is 0 Å². The summed E-state index contributed by atoms with van der Waals surface area (Å²) in [5.41, 5.74) is 0.349. The first kappa shape index (κ1) is 12.2. The van der Waals surface area contributed by atoms with Gasteiger partial charge in [-0.3, -0.25) is 0 Å². The molecule has 0 unspecified atom stereocenters. The number of hydrogen-bond donors (Lipinski definition) is 1. The minimum atomic E-state index is 0.349. The minimum absolute atomic E-state index is 0.349. The summed E-state index contributed by atoms with van der Waals surface area (Å²) in [6.45, 7) is 4.68. The van der Waals surface area contributed by atoms with Crippen molar-refractivity contribution in [3.8, 4) is 0 Å². The monoisotopic (exact) mass is 238 g/mol. The summed E-state index contributed by atoms with van der Waals surface area (Å²) < 4.78 is 2.45. The number of nitrogens with zero attached hydrogens (tertiary/aromatic N) is 1. The van der Waals surface area contributed by atoms with E-state index in [-0.39, 0.29) is 0 Å². The maximum absolute atomic E-state index is 3.43. The molecular formula is C13H22N2S. The summed E-state index contributed by atoms with van der Waals surface area (Å²) in [4.78, 5) is 1.41. The maximum Gasteiger partial charge on any atom is 0.0309 e. The lowest BCUT2D eigenvalue weighted by atomic mass is 9.91. The van der Waals surface area contributed by atoms with E-state index in [1.54, 1.807) is 0 Å². The van der Waals surface area contributed by atoms with E-state index in [1.165, 1.54) is 30.6 Å². The molecule has 0 atom stereocenters. The van der Waals surface area contributed by atoms with Gasteiger partial charge in [0.1, 0.15) is 0 Å². The van der Waals surface area contributed by atoms with E-state index in [2.05, 4.69) is 41.8 Å². The van der Waals surface area contributed by atoms with Crippen LogP contribution in [0.3, 0.4) is 0 Å². The lowest BCUT2D eigenvalue weighted by Gasteiger charge is -2.41. The Kier molecular flexibility index (Phi) is 4.11. The molecule has 0 spiro atoms. The molecular weight excluding hydrogens is 216 g/mol. The highest BCUT2D eigenvalue weighted by Crippen LogP contribution is 2.34. The maximum atomic E-state index is 3.43. The first-order chi connectivity index (χ1) is 7.71. The van der Waals surface area contributed by atoms with Gasteiger partial charge < -0.3 is 5.32 Å². The lowest BCUT2D eigenvalue weighted by Crippen LogP contribution is -2.48. The molecule has 90 valence electrons. The largest absolute Gasteiger partial charge is 0.317 e. The highest BCUT2D eigenvalue weighted by molar-refractivity contribution is 8.01. The number of rotatable bonds is 3. The van der Waals surface area contributed by atoms with Crippen LogP contribution in [0.25, 0.3) is 0 Å². The molecule has 1 heterocycles. The van der Waals surface area contributed by atoms with Crippen LogP contribution < -0.4 is 5.32 Å². The third kappa shape index (κ3) is 2.90. The van der Waals surface area contributed by atoms with Gasteiger partial charge in [-0.2, -0.15) is 0 Å². The zero-order valence-electron chi connectivity index (χ0n) is 10.3. The van der Waals surface area contributed by atoms with Crippen LogP contribution >= 0.6 is 11.9 Å². The molecule has 0 radical (unpaired) electrons. The molecule has 0 aromatic heterocycles. The molecule has 1 aliphatic carbocycles. The molecule has 0 amide bonds. The van der Waals surface area contributed by atoms with Crippen molar-refractivity contribution >= 4 is 11.9 Å². The molecule has 16 heavy (non-hydrogen) atoms. The normalized spacial score (nSPS) is 24.6. The fourth-order valence-corrected chi connectivity index (χ4v) is 3.27. The average Bonchev–Trinajstić information content (AvgIpc) is 2.31. The van der Waals surface area contributed by atoms with Crippen LogP contribution in [0.4, 0.5) is 0 Å². The van der Waals surface area contributed by atoms with Gasteiger partial charge in [-0.15, -0.1) is 0 Å². The van der Waals surface area contributed by atoms with Gasteiger partial charge in [0.25, 0.3) is 0 Å². The van der Waals surface area contributed by atoms with E-state index in [0.29, 0.717) is 5.54 Å². The molecule has 2 aliphatic rings. The molecule has 3 heteroatoms. The van der Waals surface area contributed by atoms with Crippen LogP contribution in [-0.2, 0) is 0 Å². The van der Waals surface area contributed by atoms with Gasteiger partial charge in [-0.1, -0.05) is 18.2 Å². The van der Waals surface area contributed by atoms with Crippen molar-refractivity contribution in [2.75, 3.05) is 20.1 Å². The molecule has 0 aromatic rings. The zero-order valence-corrected chi connectivity index (χ0v) is 11.1. The van der Waals surface area contributed by atoms with E-state index in [4.69, 9.17) is 0 Å². The smallest absolute Gasteiger partial charge is 0.0309 e. The van der Waals surface area contributed by atoms with Crippen LogP contribution in [0.5, 0.6) is 0 Å². The molecule has 1 aliphatic heterocycles. The van der Waals surface area contributed by atoms with Crippen LogP contribution in [0.15, 0.2) is 23.1 Å². The van der Waals surface area contributed by atoms with Crippen molar-refractivity contribution in [3.63, 3.8) is 0 Å². The lowest BCUT2D eigenvalue weighted by molar-refractivity contribution is 0.196. The molecule has 2 nitrogen and oxygen atoms in total. The van der Waals surface area contributed by atoms with Crippen molar-refractivity contribution in [1.29, 1.82) is 0 Å². The minimum Gasteiger partial charge on any atom is -0.317 e. The number of piperidine rings is 1. The fraction of sp³-hybridized carbons (Fsp3) is 0.692. The van der Waals surface area contributed by atoms with Gasteiger partial charge in [0.2, 0.25) is 0 Å². The first-order valence-corrected chi connectivity index (χ1v) is 6.97. The zero-order chi connectivity index (χ0) is 11.4. The molecule has 1 saturated heterocycles. The first-order valence-electron chi connectivity index (χ1n) is 6.20. The Labute approximate surface area is 103 Å². The molecule has 0 bridgehead atoms. The van der Waals surface area contributed by atoms with Gasteiger partial charge in [0.15, 0.2) is 0 Å². The Morgan fingerprint density at radius 1 is 1.31 bits per heavy atom. The van der Waals surface area contributed by atoms with Crippen molar-refractivity contribution in [2.24, 2.45) is 0 Å². The Balaban J connectivity index is 1.93. The van der Waals surface area contributed by atoms with E-state index >= 15 is 0 Å². The van der Waals surface area contributed by atoms with Crippen molar-refractivity contribution in [3.05, 3.63) is 23.1 Å². The number of nitrogens with one attached hydrogen (secondary N) is 1. The third-order valence-corrected chi connectivity index (χ3v) is 4.87. The van der Waals surface area contributed by atoms with Crippen LogP contribution in [-0.4, -0.2) is 30.0 Å². The summed E-state index contributed by atoms with van der Waals surface area (Å²) in [6.07, 6.45) is 11.8. The topological polar surface area (TPSA) is 15.3 Å². The molecule has 0 aromatic carbocycles. The van der Waals surface area contributed by atoms with Crippen molar-refractivity contribution < 1.29 is 0 Å². The number of allylic oxidation sites excluding steroid dienone is 3. The highest BCUT2D eigenvalue weighted by atomic mass is 32.2. The average molecular weight is 238 g/mol. The predicted molar refractivity (Wildman–Crippen MR) is 72.3 cm³/mol. The quantitative estimate of drug-likeness (QED) is 0.761.